The van der Waals surface area contributed by atoms with Gasteiger partial charge in [0.25, 0.3) is 0 Å². The minimum absolute atomic E-state index is 0.245. The Kier molecular flexibility index (Phi) is 3.33. The number of nitrogen functional groups attached to an aromatic ring is 1. The summed E-state index contributed by atoms with van der Waals surface area (Å²) >= 11 is 3.49. The summed E-state index contributed by atoms with van der Waals surface area (Å²) in [5.74, 6) is 2.63. The van der Waals surface area contributed by atoms with Crippen LogP contribution in [0.5, 0.6) is 11.5 Å². The van der Waals surface area contributed by atoms with Gasteiger partial charge in [-0.05, 0) is 34.0 Å². The summed E-state index contributed by atoms with van der Waals surface area (Å²) < 4.78 is 13.6. The van der Waals surface area contributed by atoms with Crippen LogP contribution in [0, 0.1) is 5.92 Å². The summed E-state index contributed by atoms with van der Waals surface area (Å²) in [4.78, 5) is 4.43. The van der Waals surface area contributed by atoms with E-state index in [0.29, 0.717) is 17.5 Å². The molecule has 0 bridgehead atoms. The normalized spacial score (nSPS) is 13.2. The number of hydrogen-bond donors (Lipinski definition) is 1. The van der Waals surface area contributed by atoms with E-state index in [2.05, 4.69) is 34.8 Å². The van der Waals surface area contributed by atoms with Crippen LogP contribution in [0.2, 0.25) is 0 Å². The molecule has 0 atom stereocenters. The lowest BCUT2D eigenvalue weighted by Gasteiger charge is -2.09. The van der Waals surface area contributed by atoms with Crippen LogP contribution in [-0.4, -0.2) is 16.3 Å². The molecule has 1 aliphatic rings. The van der Waals surface area contributed by atoms with Crippen molar-refractivity contribution in [2.45, 2.75) is 20.4 Å². The zero-order valence-electron chi connectivity index (χ0n) is 11.4. The molecule has 6 heteroatoms. The minimum Gasteiger partial charge on any atom is -0.454 e. The molecule has 1 aromatic heterocycles. The maximum absolute atomic E-state index is 6.19. The lowest BCUT2D eigenvalue weighted by atomic mass is 10.1. The standard InChI is InChI=1S/C14H16BrN3O2/c1-8(2)5-18-6-17-12(14(18)16)9-3-10(15)13-11(4-9)19-7-20-13/h3-4,6,8H,5,7,16H2,1-2H3. The van der Waals surface area contributed by atoms with Crippen LogP contribution in [-0.2, 0) is 6.54 Å². The largest absolute Gasteiger partial charge is 0.454 e. The maximum Gasteiger partial charge on any atom is 0.231 e. The van der Waals surface area contributed by atoms with Crippen molar-refractivity contribution in [3.8, 4) is 22.8 Å². The number of nitrogens with two attached hydrogens (primary N) is 1. The third kappa shape index (κ3) is 2.24. The molecule has 2 N–H and O–H groups in total. The molecule has 20 heavy (non-hydrogen) atoms. The first kappa shape index (κ1) is 13.3. The molecule has 0 aliphatic carbocycles. The summed E-state index contributed by atoms with van der Waals surface area (Å²) in [6.07, 6.45) is 1.78. The highest BCUT2D eigenvalue weighted by molar-refractivity contribution is 9.10. The highest BCUT2D eigenvalue weighted by Crippen LogP contribution is 2.43. The van der Waals surface area contributed by atoms with Gasteiger partial charge in [0, 0.05) is 12.1 Å². The minimum atomic E-state index is 0.245. The summed E-state index contributed by atoms with van der Waals surface area (Å²) in [6.45, 7) is 5.39. The van der Waals surface area contributed by atoms with Gasteiger partial charge >= 0.3 is 0 Å². The Morgan fingerprint density at radius 2 is 2.20 bits per heavy atom. The van der Waals surface area contributed by atoms with Gasteiger partial charge in [-0.3, -0.25) is 0 Å². The smallest absolute Gasteiger partial charge is 0.231 e. The van der Waals surface area contributed by atoms with E-state index in [9.17, 15) is 0 Å². The van der Waals surface area contributed by atoms with Crippen molar-refractivity contribution in [1.29, 1.82) is 0 Å². The van der Waals surface area contributed by atoms with E-state index in [1.165, 1.54) is 0 Å². The molecule has 0 unspecified atom stereocenters. The number of anilines is 1. The summed E-state index contributed by atoms with van der Waals surface area (Å²) in [5, 5.41) is 0. The average molecular weight is 338 g/mol. The molecule has 0 saturated heterocycles. The van der Waals surface area contributed by atoms with E-state index in [1.807, 2.05) is 16.7 Å². The number of halogens is 1. The van der Waals surface area contributed by atoms with Gasteiger partial charge in [-0.1, -0.05) is 13.8 Å². The van der Waals surface area contributed by atoms with E-state index < -0.39 is 0 Å². The third-order valence-electron chi connectivity index (χ3n) is 3.14. The molecule has 0 fully saturated rings. The van der Waals surface area contributed by atoms with E-state index in [-0.39, 0.29) is 6.79 Å². The van der Waals surface area contributed by atoms with Gasteiger partial charge in [-0.15, -0.1) is 0 Å². The van der Waals surface area contributed by atoms with Gasteiger partial charge in [0.05, 0.1) is 10.8 Å². The number of fused-ring (bicyclic) bond motifs is 1. The quantitative estimate of drug-likeness (QED) is 0.933. The van der Waals surface area contributed by atoms with Crippen molar-refractivity contribution in [3.63, 3.8) is 0 Å². The predicted octanol–water partition coefficient (Wildman–Crippen LogP) is 3.28. The molecule has 1 aromatic carbocycles. The molecule has 2 heterocycles. The zero-order valence-corrected chi connectivity index (χ0v) is 13.0. The van der Waals surface area contributed by atoms with Crippen LogP contribution < -0.4 is 15.2 Å². The lowest BCUT2D eigenvalue weighted by Crippen LogP contribution is -2.06. The van der Waals surface area contributed by atoms with Crippen LogP contribution in [0.25, 0.3) is 11.3 Å². The van der Waals surface area contributed by atoms with Crippen LogP contribution in [0.4, 0.5) is 5.82 Å². The number of benzene rings is 1. The lowest BCUT2D eigenvalue weighted by molar-refractivity contribution is 0.173. The van der Waals surface area contributed by atoms with Gasteiger partial charge in [0.2, 0.25) is 6.79 Å². The second-order valence-electron chi connectivity index (χ2n) is 5.22. The highest BCUT2D eigenvalue weighted by Gasteiger charge is 2.20. The maximum atomic E-state index is 6.19. The Morgan fingerprint density at radius 1 is 1.40 bits per heavy atom. The van der Waals surface area contributed by atoms with Crippen molar-refractivity contribution in [3.05, 3.63) is 22.9 Å². The molecule has 2 aromatic rings. The molecule has 3 rings (SSSR count). The van der Waals surface area contributed by atoms with E-state index >= 15 is 0 Å². The zero-order chi connectivity index (χ0) is 14.3. The molecule has 0 amide bonds. The molecule has 106 valence electrons. The number of nitrogens with zero attached hydrogens (tertiary/aromatic N) is 2. The summed E-state index contributed by atoms with van der Waals surface area (Å²) in [5.41, 5.74) is 7.88. The van der Waals surface area contributed by atoms with Crippen LogP contribution >= 0.6 is 15.9 Å². The summed E-state index contributed by atoms with van der Waals surface area (Å²) in [6, 6.07) is 3.86. The van der Waals surface area contributed by atoms with Gasteiger partial charge in [0.1, 0.15) is 11.5 Å². The van der Waals surface area contributed by atoms with Crippen molar-refractivity contribution in [2.24, 2.45) is 5.92 Å². The Hall–Kier alpha value is -1.69. The first-order valence-corrected chi connectivity index (χ1v) is 7.25. The van der Waals surface area contributed by atoms with Gasteiger partial charge in [-0.2, -0.15) is 0 Å². The molecular weight excluding hydrogens is 322 g/mol. The first-order chi connectivity index (χ1) is 9.56. The Morgan fingerprint density at radius 3 is 2.95 bits per heavy atom. The fraction of sp³-hybridized carbons (Fsp3) is 0.357. The predicted molar refractivity (Wildman–Crippen MR) is 80.7 cm³/mol. The number of hydrogen-bond acceptors (Lipinski definition) is 4. The molecule has 0 saturated carbocycles. The van der Waals surface area contributed by atoms with E-state index in [0.717, 1.165) is 28.0 Å². The van der Waals surface area contributed by atoms with Gasteiger partial charge in [-0.25, -0.2) is 4.98 Å². The van der Waals surface area contributed by atoms with Crippen molar-refractivity contribution in [2.75, 3.05) is 12.5 Å². The third-order valence-corrected chi connectivity index (χ3v) is 3.73. The Bertz CT molecular complexity index is 652. The molecular formula is C14H16BrN3O2. The number of aromatic nitrogens is 2. The second kappa shape index (κ2) is 5.01. The van der Waals surface area contributed by atoms with E-state index in [1.54, 1.807) is 6.33 Å². The monoisotopic (exact) mass is 337 g/mol. The Balaban J connectivity index is 2.02. The average Bonchev–Trinajstić information content (AvgIpc) is 2.97. The highest BCUT2D eigenvalue weighted by atomic mass is 79.9. The van der Waals surface area contributed by atoms with Crippen molar-refractivity contribution < 1.29 is 9.47 Å². The van der Waals surface area contributed by atoms with Gasteiger partial charge < -0.3 is 19.8 Å². The van der Waals surface area contributed by atoms with Crippen LogP contribution in [0.3, 0.4) is 0 Å². The molecule has 0 radical (unpaired) electrons. The van der Waals surface area contributed by atoms with Crippen molar-refractivity contribution >= 4 is 21.7 Å². The molecule has 1 aliphatic heterocycles. The SMILES string of the molecule is CC(C)Cn1cnc(-c2cc(Br)c3c(c2)OCO3)c1N. The number of ether oxygens (including phenoxy) is 2. The van der Waals surface area contributed by atoms with E-state index in [4.69, 9.17) is 15.2 Å². The number of imidazole rings is 1. The van der Waals surface area contributed by atoms with Gasteiger partial charge in [0.15, 0.2) is 11.5 Å². The first-order valence-electron chi connectivity index (χ1n) is 6.46. The topological polar surface area (TPSA) is 62.3 Å². The van der Waals surface area contributed by atoms with Crippen molar-refractivity contribution in [1.82, 2.24) is 9.55 Å². The fourth-order valence-electron chi connectivity index (χ4n) is 2.26. The van der Waals surface area contributed by atoms with Crippen LogP contribution in [0.1, 0.15) is 13.8 Å². The number of rotatable bonds is 3. The molecule has 5 nitrogen and oxygen atoms in total. The second-order valence-corrected chi connectivity index (χ2v) is 6.07. The Labute approximate surface area is 125 Å². The fourth-order valence-corrected chi connectivity index (χ4v) is 2.81. The van der Waals surface area contributed by atoms with Crippen LogP contribution in [0.15, 0.2) is 22.9 Å². The molecule has 0 spiro atoms. The summed E-state index contributed by atoms with van der Waals surface area (Å²) in [7, 11) is 0.